The summed E-state index contributed by atoms with van der Waals surface area (Å²) in [5.74, 6) is -0.472. The fraction of sp³-hybridized carbons (Fsp3) is 0.435. The molecule has 0 saturated heterocycles. The minimum atomic E-state index is -0.249. The second kappa shape index (κ2) is 9.49. The van der Waals surface area contributed by atoms with Crippen LogP contribution in [0, 0.1) is 0 Å². The van der Waals surface area contributed by atoms with Gasteiger partial charge in [0, 0.05) is 37.1 Å². The first-order chi connectivity index (χ1) is 13.2. The fourth-order valence-corrected chi connectivity index (χ4v) is 3.10. The molecule has 1 heterocycles. The van der Waals surface area contributed by atoms with E-state index in [-0.39, 0.29) is 23.1 Å². The molecule has 0 atom stereocenters. The Bertz CT molecular complexity index is 775. The Balaban J connectivity index is 1.70. The molecule has 1 aromatic carbocycles. The Morgan fingerprint density at radius 1 is 1.11 bits per heavy atom. The summed E-state index contributed by atoms with van der Waals surface area (Å²) in [5, 5.41) is 3.03. The first kappa shape index (κ1) is 21.6. The SMILES string of the molecule is C=C(C)c1cccc(C(C)(C)CNC(=O)CCCCCN2C(=O)C=CC2=O)c1. The molecule has 5 heteroatoms. The van der Waals surface area contributed by atoms with E-state index in [9.17, 15) is 14.4 Å². The summed E-state index contributed by atoms with van der Waals surface area (Å²) in [7, 11) is 0. The summed E-state index contributed by atoms with van der Waals surface area (Å²) in [6.45, 7) is 11.2. The predicted molar refractivity (Wildman–Crippen MR) is 112 cm³/mol. The first-order valence-electron chi connectivity index (χ1n) is 9.77. The lowest BCUT2D eigenvalue weighted by Crippen LogP contribution is -2.36. The number of carbonyl (C=O) groups is 3. The van der Waals surface area contributed by atoms with Gasteiger partial charge in [0.2, 0.25) is 5.91 Å². The Morgan fingerprint density at radius 3 is 2.43 bits per heavy atom. The molecule has 0 fully saturated rings. The molecule has 0 aromatic heterocycles. The average molecular weight is 383 g/mol. The lowest BCUT2D eigenvalue weighted by Gasteiger charge is -2.26. The van der Waals surface area contributed by atoms with E-state index in [0.29, 0.717) is 25.9 Å². The molecule has 0 saturated carbocycles. The number of allylic oxidation sites excluding steroid dienone is 1. The predicted octanol–water partition coefficient (Wildman–Crippen LogP) is 3.60. The average Bonchev–Trinajstić information content (AvgIpc) is 2.98. The van der Waals surface area contributed by atoms with E-state index >= 15 is 0 Å². The number of nitrogens with zero attached hydrogens (tertiary/aromatic N) is 1. The van der Waals surface area contributed by atoms with Crippen LogP contribution in [-0.2, 0) is 19.8 Å². The van der Waals surface area contributed by atoms with Crippen molar-refractivity contribution in [2.24, 2.45) is 0 Å². The van der Waals surface area contributed by atoms with Crippen LogP contribution in [0.3, 0.4) is 0 Å². The van der Waals surface area contributed by atoms with E-state index < -0.39 is 0 Å². The Morgan fingerprint density at radius 2 is 1.79 bits per heavy atom. The minimum Gasteiger partial charge on any atom is -0.355 e. The van der Waals surface area contributed by atoms with E-state index in [0.717, 1.165) is 24.0 Å². The summed E-state index contributed by atoms with van der Waals surface area (Å²) < 4.78 is 0. The van der Waals surface area contributed by atoms with Crippen molar-refractivity contribution < 1.29 is 14.4 Å². The molecular weight excluding hydrogens is 352 g/mol. The molecule has 1 aliphatic heterocycles. The molecule has 150 valence electrons. The highest BCUT2D eigenvalue weighted by Gasteiger charge is 2.23. The Kier molecular flexibility index (Phi) is 7.32. The summed E-state index contributed by atoms with van der Waals surface area (Å²) in [5.41, 5.74) is 3.13. The number of hydrogen-bond donors (Lipinski definition) is 1. The number of nitrogens with one attached hydrogen (secondary N) is 1. The molecule has 3 amide bonds. The summed E-state index contributed by atoms with van der Waals surface area (Å²) in [4.78, 5) is 36.3. The maximum Gasteiger partial charge on any atom is 0.253 e. The Hall–Kier alpha value is -2.69. The molecule has 0 unspecified atom stereocenters. The molecule has 1 aliphatic rings. The Labute approximate surface area is 167 Å². The van der Waals surface area contributed by atoms with Gasteiger partial charge in [-0.3, -0.25) is 19.3 Å². The highest BCUT2D eigenvalue weighted by Crippen LogP contribution is 2.25. The quantitative estimate of drug-likeness (QED) is 0.497. The lowest BCUT2D eigenvalue weighted by atomic mass is 9.83. The van der Waals surface area contributed by atoms with Gasteiger partial charge in [0.25, 0.3) is 11.8 Å². The van der Waals surface area contributed by atoms with Crippen molar-refractivity contribution in [1.29, 1.82) is 0 Å². The fourth-order valence-electron chi connectivity index (χ4n) is 3.10. The van der Waals surface area contributed by atoms with Gasteiger partial charge in [-0.2, -0.15) is 0 Å². The normalized spacial score (nSPS) is 13.9. The van der Waals surface area contributed by atoms with Crippen molar-refractivity contribution in [2.75, 3.05) is 13.1 Å². The molecule has 5 nitrogen and oxygen atoms in total. The van der Waals surface area contributed by atoms with Crippen LogP contribution in [0.1, 0.15) is 57.6 Å². The third-order valence-corrected chi connectivity index (χ3v) is 5.05. The number of benzene rings is 1. The molecule has 28 heavy (non-hydrogen) atoms. The second-order valence-electron chi connectivity index (χ2n) is 7.99. The first-order valence-corrected chi connectivity index (χ1v) is 9.77. The molecule has 1 N–H and O–H groups in total. The van der Waals surface area contributed by atoms with Gasteiger partial charge in [0.15, 0.2) is 0 Å². The monoisotopic (exact) mass is 382 g/mol. The number of imide groups is 1. The molecule has 0 bridgehead atoms. The van der Waals surface area contributed by atoms with E-state index in [4.69, 9.17) is 0 Å². The van der Waals surface area contributed by atoms with Gasteiger partial charge in [0.05, 0.1) is 0 Å². The van der Waals surface area contributed by atoms with Gasteiger partial charge in [-0.05, 0) is 30.9 Å². The van der Waals surface area contributed by atoms with Gasteiger partial charge in [-0.15, -0.1) is 0 Å². The summed E-state index contributed by atoms with van der Waals surface area (Å²) >= 11 is 0. The smallest absolute Gasteiger partial charge is 0.253 e. The molecule has 0 aliphatic carbocycles. The summed E-state index contributed by atoms with van der Waals surface area (Å²) in [6.07, 6.45) is 5.29. The lowest BCUT2D eigenvalue weighted by molar-refractivity contribution is -0.136. The number of amides is 3. The van der Waals surface area contributed by atoms with E-state index in [1.165, 1.54) is 22.6 Å². The van der Waals surface area contributed by atoms with Crippen LogP contribution in [0.15, 0.2) is 43.0 Å². The highest BCUT2D eigenvalue weighted by molar-refractivity contribution is 6.12. The standard InChI is InChI=1S/C23H30N2O3/c1-17(2)18-9-8-10-19(15-18)23(3,4)16-24-20(26)11-6-5-7-14-25-21(27)12-13-22(25)28/h8-10,12-13,15H,1,5-7,11,14,16H2,2-4H3,(H,24,26). The maximum absolute atomic E-state index is 12.2. The molecular formula is C23H30N2O3. The molecule has 0 radical (unpaired) electrons. The number of rotatable bonds is 10. The third kappa shape index (κ3) is 5.91. The zero-order valence-corrected chi connectivity index (χ0v) is 17.1. The zero-order chi connectivity index (χ0) is 20.7. The topological polar surface area (TPSA) is 66.5 Å². The van der Waals surface area contributed by atoms with E-state index in [1.807, 2.05) is 19.1 Å². The largest absolute Gasteiger partial charge is 0.355 e. The van der Waals surface area contributed by atoms with Crippen molar-refractivity contribution in [3.63, 3.8) is 0 Å². The number of carbonyl (C=O) groups excluding carboxylic acids is 3. The zero-order valence-electron chi connectivity index (χ0n) is 17.1. The van der Waals surface area contributed by atoms with Crippen molar-refractivity contribution >= 4 is 23.3 Å². The van der Waals surface area contributed by atoms with E-state index in [1.54, 1.807) is 0 Å². The van der Waals surface area contributed by atoms with Crippen LogP contribution in [0.2, 0.25) is 0 Å². The molecule has 0 spiro atoms. The second-order valence-corrected chi connectivity index (χ2v) is 7.99. The van der Waals surface area contributed by atoms with Crippen LogP contribution in [0.4, 0.5) is 0 Å². The van der Waals surface area contributed by atoms with Crippen LogP contribution in [-0.4, -0.2) is 35.7 Å². The van der Waals surface area contributed by atoms with Crippen molar-refractivity contribution in [3.8, 4) is 0 Å². The van der Waals surface area contributed by atoms with Gasteiger partial charge in [-0.25, -0.2) is 0 Å². The minimum absolute atomic E-state index is 0.0270. The van der Waals surface area contributed by atoms with Gasteiger partial charge in [0.1, 0.15) is 0 Å². The number of hydrogen-bond acceptors (Lipinski definition) is 3. The maximum atomic E-state index is 12.2. The molecule has 1 aromatic rings. The van der Waals surface area contributed by atoms with Crippen molar-refractivity contribution in [2.45, 2.75) is 51.9 Å². The third-order valence-electron chi connectivity index (χ3n) is 5.05. The van der Waals surface area contributed by atoms with Crippen LogP contribution < -0.4 is 5.32 Å². The van der Waals surface area contributed by atoms with Gasteiger partial charge in [-0.1, -0.05) is 56.7 Å². The van der Waals surface area contributed by atoms with E-state index in [2.05, 4.69) is 37.9 Å². The van der Waals surface area contributed by atoms with Gasteiger partial charge >= 0.3 is 0 Å². The van der Waals surface area contributed by atoms with Gasteiger partial charge < -0.3 is 5.32 Å². The molecule has 2 rings (SSSR count). The van der Waals surface area contributed by atoms with Crippen LogP contribution in [0.5, 0.6) is 0 Å². The van der Waals surface area contributed by atoms with Crippen molar-refractivity contribution in [3.05, 3.63) is 54.1 Å². The highest BCUT2D eigenvalue weighted by atomic mass is 16.2. The van der Waals surface area contributed by atoms with Crippen LogP contribution >= 0.6 is 0 Å². The van der Waals surface area contributed by atoms with Crippen molar-refractivity contribution in [1.82, 2.24) is 10.2 Å². The number of unbranched alkanes of at least 4 members (excludes halogenated alkanes) is 2. The summed E-state index contributed by atoms with van der Waals surface area (Å²) in [6, 6.07) is 8.27. The van der Waals surface area contributed by atoms with Crippen LogP contribution in [0.25, 0.3) is 5.57 Å².